The lowest BCUT2D eigenvalue weighted by Crippen LogP contribution is -2.26. The monoisotopic (exact) mass is 369 g/mol. The van der Waals surface area contributed by atoms with Crippen molar-refractivity contribution in [1.29, 1.82) is 0 Å². The van der Waals surface area contributed by atoms with E-state index >= 15 is 0 Å². The minimum absolute atomic E-state index is 0.0877. The largest absolute Gasteiger partial charge is 0.396 e. The molecule has 4 rings (SSSR count). The molecule has 1 saturated heterocycles. The number of hydrogen-bond donors (Lipinski definition) is 2. The molecule has 0 aliphatic carbocycles. The van der Waals surface area contributed by atoms with Crippen LogP contribution in [0.3, 0.4) is 0 Å². The van der Waals surface area contributed by atoms with Gasteiger partial charge in [0.1, 0.15) is 10.6 Å². The van der Waals surface area contributed by atoms with Crippen LogP contribution in [0.5, 0.6) is 0 Å². The number of aliphatic imine (C=N–C) groups is 1. The van der Waals surface area contributed by atoms with Gasteiger partial charge in [0.2, 0.25) is 0 Å². The molecule has 0 spiro atoms. The third-order valence-electron chi connectivity index (χ3n) is 4.72. The molecule has 3 N–H and O–H groups in total. The first-order valence-electron chi connectivity index (χ1n) is 8.64. The molecule has 5 nitrogen and oxygen atoms in total. The number of rotatable bonds is 3. The van der Waals surface area contributed by atoms with Gasteiger partial charge in [0.15, 0.2) is 5.82 Å². The van der Waals surface area contributed by atoms with Crippen molar-refractivity contribution in [3.05, 3.63) is 40.7 Å². The van der Waals surface area contributed by atoms with Crippen LogP contribution in [0.1, 0.15) is 29.2 Å². The van der Waals surface area contributed by atoms with Crippen LogP contribution in [0.15, 0.2) is 29.4 Å². The number of nitrogen functional groups attached to an aromatic ring is 1. The van der Waals surface area contributed by atoms with E-state index in [0.717, 1.165) is 36.1 Å². The van der Waals surface area contributed by atoms with E-state index in [2.05, 4.69) is 26.3 Å². The van der Waals surface area contributed by atoms with Crippen molar-refractivity contribution < 1.29 is 4.39 Å². The molecule has 2 aromatic heterocycles. The summed E-state index contributed by atoms with van der Waals surface area (Å²) < 4.78 is 14.2. The molecule has 0 amide bonds. The molecule has 3 aromatic rings. The van der Waals surface area contributed by atoms with Crippen LogP contribution in [-0.2, 0) is 0 Å². The Morgan fingerprint density at radius 2 is 2.12 bits per heavy atom. The van der Waals surface area contributed by atoms with Gasteiger partial charge in [0.25, 0.3) is 0 Å². The quantitative estimate of drug-likeness (QED) is 0.546. The Bertz CT molecular complexity index is 975. The number of nitrogens with two attached hydrogens (primary N) is 1. The minimum atomic E-state index is -0.484. The molecule has 0 bridgehead atoms. The van der Waals surface area contributed by atoms with Gasteiger partial charge in [-0.05, 0) is 50.0 Å². The summed E-state index contributed by atoms with van der Waals surface area (Å²) in [4.78, 5) is 15.3. The van der Waals surface area contributed by atoms with Crippen LogP contribution in [-0.4, -0.2) is 36.3 Å². The second-order valence-corrected chi connectivity index (χ2v) is 7.54. The number of thiophene rings is 1. The van der Waals surface area contributed by atoms with Crippen LogP contribution in [0, 0.1) is 5.82 Å². The first kappa shape index (κ1) is 17.1. The minimum Gasteiger partial charge on any atom is -0.396 e. The number of benzene rings is 1. The standard InChI is InChI=1S/C19H20FN5S/c1-22-9-13-6-12(7-15(20)17(13)21)18-24-10-14-8-16(26-19(14)25-18)11-2-4-23-5-3-11/h6-11,23H,2-5,21H2,1H3. The lowest BCUT2D eigenvalue weighted by Gasteiger charge is -2.21. The Kier molecular flexibility index (Phi) is 4.65. The Hall–Kier alpha value is -2.38. The number of fused-ring (bicyclic) bond motifs is 1. The SMILES string of the molecule is CN=Cc1cc(-c2ncc3cc(C4CCNCC4)sc3n2)cc(F)c1N. The normalized spacial score (nSPS) is 15.9. The Labute approximate surface area is 155 Å². The fourth-order valence-electron chi connectivity index (χ4n) is 3.31. The summed E-state index contributed by atoms with van der Waals surface area (Å²) >= 11 is 1.71. The summed E-state index contributed by atoms with van der Waals surface area (Å²) in [5, 5.41) is 4.43. The van der Waals surface area contributed by atoms with E-state index in [1.165, 1.54) is 10.9 Å². The summed E-state index contributed by atoms with van der Waals surface area (Å²) in [6.45, 7) is 2.12. The van der Waals surface area contributed by atoms with E-state index in [9.17, 15) is 4.39 Å². The van der Waals surface area contributed by atoms with Gasteiger partial charge in [-0.15, -0.1) is 11.3 Å². The van der Waals surface area contributed by atoms with E-state index in [1.54, 1.807) is 30.7 Å². The van der Waals surface area contributed by atoms with Crippen LogP contribution in [0.4, 0.5) is 10.1 Å². The second kappa shape index (κ2) is 7.09. The Morgan fingerprint density at radius 1 is 1.31 bits per heavy atom. The topological polar surface area (TPSA) is 76.2 Å². The van der Waals surface area contributed by atoms with Crippen molar-refractivity contribution in [3.63, 3.8) is 0 Å². The molecule has 134 valence electrons. The molecule has 1 aliphatic heterocycles. The second-order valence-electron chi connectivity index (χ2n) is 6.48. The average molecular weight is 369 g/mol. The van der Waals surface area contributed by atoms with Crippen molar-refractivity contribution in [2.45, 2.75) is 18.8 Å². The lowest BCUT2D eigenvalue weighted by molar-refractivity contribution is 0.465. The summed E-state index contributed by atoms with van der Waals surface area (Å²) in [6, 6.07) is 5.34. The highest BCUT2D eigenvalue weighted by Gasteiger charge is 2.18. The molecule has 1 aliphatic rings. The number of anilines is 1. The van der Waals surface area contributed by atoms with Gasteiger partial charge in [0.05, 0.1) is 5.69 Å². The highest BCUT2D eigenvalue weighted by molar-refractivity contribution is 7.18. The van der Waals surface area contributed by atoms with Crippen LogP contribution in [0.2, 0.25) is 0 Å². The highest BCUT2D eigenvalue weighted by atomic mass is 32.1. The number of nitrogens with zero attached hydrogens (tertiary/aromatic N) is 3. The number of hydrogen-bond acceptors (Lipinski definition) is 6. The zero-order chi connectivity index (χ0) is 18.1. The molecule has 1 fully saturated rings. The number of piperidine rings is 1. The predicted molar refractivity (Wildman–Crippen MR) is 106 cm³/mol. The molecule has 0 unspecified atom stereocenters. The van der Waals surface area contributed by atoms with Crippen molar-refractivity contribution in [1.82, 2.24) is 15.3 Å². The van der Waals surface area contributed by atoms with Crippen LogP contribution >= 0.6 is 11.3 Å². The first-order chi connectivity index (χ1) is 12.7. The summed E-state index contributed by atoms with van der Waals surface area (Å²) in [7, 11) is 1.63. The zero-order valence-electron chi connectivity index (χ0n) is 14.5. The molecule has 3 heterocycles. The van der Waals surface area contributed by atoms with E-state index in [4.69, 9.17) is 5.73 Å². The van der Waals surface area contributed by atoms with E-state index in [1.807, 2.05) is 6.20 Å². The number of aromatic nitrogens is 2. The van der Waals surface area contributed by atoms with Crippen molar-refractivity contribution in [2.75, 3.05) is 25.9 Å². The smallest absolute Gasteiger partial charge is 0.160 e. The predicted octanol–water partition coefficient (Wildman–Crippen LogP) is 3.60. The first-order valence-corrected chi connectivity index (χ1v) is 9.46. The van der Waals surface area contributed by atoms with E-state index in [0.29, 0.717) is 22.9 Å². The lowest BCUT2D eigenvalue weighted by atomic mass is 9.96. The van der Waals surface area contributed by atoms with Gasteiger partial charge in [-0.2, -0.15) is 0 Å². The molecule has 1 aromatic carbocycles. The zero-order valence-corrected chi connectivity index (χ0v) is 15.3. The maximum Gasteiger partial charge on any atom is 0.160 e. The third kappa shape index (κ3) is 3.20. The average Bonchev–Trinajstić information content (AvgIpc) is 3.09. The molecular weight excluding hydrogens is 349 g/mol. The van der Waals surface area contributed by atoms with E-state index in [-0.39, 0.29) is 5.69 Å². The fraction of sp³-hybridized carbons (Fsp3) is 0.316. The highest BCUT2D eigenvalue weighted by Crippen LogP contribution is 2.35. The fourth-order valence-corrected chi connectivity index (χ4v) is 4.48. The van der Waals surface area contributed by atoms with Gasteiger partial charge in [-0.3, -0.25) is 4.99 Å². The summed E-state index contributed by atoms with van der Waals surface area (Å²) in [5.74, 6) is 0.601. The molecular formula is C19H20FN5S. The number of halogens is 1. The molecule has 0 atom stereocenters. The van der Waals surface area contributed by atoms with Gasteiger partial charge in [0, 0.05) is 40.8 Å². The molecule has 0 radical (unpaired) electrons. The molecule has 0 saturated carbocycles. The van der Waals surface area contributed by atoms with Crippen molar-refractivity contribution in [2.24, 2.45) is 4.99 Å². The molecule has 26 heavy (non-hydrogen) atoms. The number of nitrogens with one attached hydrogen (secondary N) is 1. The van der Waals surface area contributed by atoms with Crippen LogP contribution < -0.4 is 11.1 Å². The summed E-state index contributed by atoms with van der Waals surface area (Å²) in [6.07, 6.45) is 5.66. The van der Waals surface area contributed by atoms with Gasteiger partial charge >= 0.3 is 0 Å². The van der Waals surface area contributed by atoms with Crippen molar-refractivity contribution in [3.8, 4) is 11.4 Å². The van der Waals surface area contributed by atoms with Crippen LogP contribution in [0.25, 0.3) is 21.6 Å². The maximum absolute atomic E-state index is 14.2. The maximum atomic E-state index is 14.2. The summed E-state index contributed by atoms with van der Waals surface area (Å²) in [5.41, 5.74) is 7.01. The third-order valence-corrected chi connectivity index (χ3v) is 5.93. The van der Waals surface area contributed by atoms with Gasteiger partial charge in [-0.1, -0.05) is 0 Å². The van der Waals surface area contributed by atoms with Gasteiger partial charge < -0.3 is 11.1 Å². The van der Waals surface area contributed by atoms with E-state index < -0.39 is 5.82 Å². The Morgan fingerprint density at radius 3 is 2.88 bits per heavy atom. The van der Waals surface area contributed by atoms with Crippen molar-refractivity contribution >= 4 is 33.5 Å². The van der Waals surface area contributed by atoms with Gasteiger partial charge in [-0.25, -0.2) is 14.4 Å². The Balaban J connectivity index is 1.73. The molecule has 7 heteroatoms.